The molecular formula is C14H18N2S. The number of thiazole rings is 1. The van der Waals surface area contributed by atoms with Crippen molar-refractivity contribution >= 4 is 11.3 Å². The lowest BCUT2D eigenvalue weighted by Crippen LogP contribution is -2.20. The molecule has 0 fully saturated rings. The summed E-state index contributed by atoms with van der Waals surface area (Å²) in [6.45, 7) is 3.20. The van der Waals surface area contributed by atoms with Crippen LogP contribution < -0.4 is 5.32 Å². The average Bonchev–Trinajstić information content (AvgIpc) is 2.89. The standard InChI is InChI=1S/C14H18N2S/c1-12(14-10-17-11-16-14)15-9-5-8-13-6-3-2-4-7-13/h2-4,6-7,10-12,15H,5,8-9H2,1H3. The first kappa shape index (κ1) is 12.3. The summed E-state index contributed by atoms with van der Waals surface area (Å²) in [7, 11) is 0. The third-order valence-corrected chi connectivity index (χ3v) is 3.44. The topological polar surface area (TPSA) is 24.9 Å². The second-order valence-corrected chi connectivity index (χ2v) is 4.90. The van der Waals surface area contributed by atoms with Crippen LogP contribution >= 0.6 is 11.3 Å². The molecule has 2 rings (SSSR count). The van der Waals surface area contributed by atoms with E-state index in [0.29, 0.717) is 6.04 Å². The molecule has 1 aromatic carbocycles. The Morgan fingerprint density at radius 3 is 2.82 bits per heavy atom. The molecule has 0 saturated carbocycles. The van der Waals surface area contributed by atoms with Gasteiger partial charge in [-0.2, -0.15) is 0 Å². The van der Waals surface area contributed by atoms with Crippen LogP contribution in [0.4, 0.5) is 0 Å². The number of nitrogens with one attached hydrogen (secondary N) is 1. The molecular weight excluding hydrogens is 228 g/mol. The van der Waals surface area contributed by atoms with Crippen molar-refractivity contribution in [3.8, 4) is 0 Å². The average molecular weight is 246 g/mol. The summed E-state index contributed by atoms with van der Waals surface area (Å²) >= 11 is 1.65. The SMILES string of the molecule is CC(NCCCc1ccccc1)c1cscn1. The minimum Gasteiger partial charge on any atom is -0.309 e. The lowest BCUT2D eigenvalue weighted by atomic mass is 10.1. The van der Waals surface area contributed by atoms with E-state index in [-0.39, 0.29) is 0 Å². The number of aromatic nitrogens is 1. The predicted molar refractivity (Wildman–Crippen MR) is 73.3 cm³/mol. The van der Waals surface area contributed by atoms with E-state index < -0.39 is 0 Å². The highest BCUT2D eigenvalue weighted by Gasteiger charge is 2.05. The molecule has 0 amide bonds. The van der Waals surface area contributed by atoms with Crippen molar-refractivity contribution in [2.45, 2.75) is 25.8 Å². The van der Waals surface area contributed by atoms with E-state index in [4.69, 9.17) is 0 Å². The maximum atomic E-state index is 4.31. The highest BCUT2D eigenvalue weighted by molar-refractivity contribution is 7.07. The minimum absolute atomic E-state index is 0.358. The molecule has 1 N–H and O–H groups in total. The Morgan fingerprint density at radius 2 is 2.12 bits per heavy atom. The van der Waals surface area contributed by atoms with Crippen LogP contribution in [0.3, 0.4) is 0 Å². The highest BCUT2D eigenvalue weighted by atomic mass is 32.1. The van der Waals surface area contributed by atoms with Crippen molar-refractivity contribution in [2.24, 2.45) is 0 Å². The molecule has 2 nitrogen and oxygen atoms in total. The van der Waals surface area contributed by atoms with E-state index in [2.05, 4.69) is 52.9 Å². The lowest BCUT2D eigenvalue weighted by Gasteiger charge is -2.11. The number of nitrogens with zero attached hydrogens (tertiary/aromatic N) is 1. The molecule has 0 spiro atoms. The molecule has 1 aromatic heterocycles. The van der Waals surface area contributed by atoms with Crippen LogP contribution in [0.1, 0.15) is 30.6 Å². The Hall–Kier alpha value is -1.19. The van der Waals surface area contributed by atoms with Gasteiger partial charge < -0.3 is 5.32 Å². The van der Waals surface area contributed by atoms with Crippen molar-refractivity contribution in [3.63, 3.8) is 0 Å². The fraction of sp³-hybridized carbons (Fsp3) is 0.357. The molecule has 0 radical (unpaired) electrons. The quantitative estimate of drug-likeness (QED) is 0.790. The molecule has 17 heavy (non-hydrogen) atoms. The molecule has 2 aromatic rings. The molecule has 1 heterocycles. The van der Waals surface area contributed by atoms with Gasteiger partial charge in [-0.3, -0.25) is 0 Å². The van der Waals surface area contributed by atoms with Gasteiger partial charge in [0.25, 0.3) is 0 Å². The molecule has 0 bridgehead atoms. The number of hydrogen-bond acceptors (Lipinski definition) is 3. The third-order valence-electron chi connectivity index (χ3n) is 2.83. The van der Waals surface area contributed by atoms with Gasteiger partial charge in [0.15, 0.2) is 0 Å². The van der Waals surface area contributed by atoms with Gasteiger partial charge in [0, 0.05) is 11.4 Å². The third kappa shape index (κ3) is 3.95. The summed E-state index contributed by atoms with van der Waals surface area (Å²) in [5.74, 6) is 0. The van der Waals surface area contributed by atoms with Crippen molar-refractivity contribution in [1.29, 1.82) is 0 Å². The molecule has 1 unspecified atom stereocenters. The van der Waals surface area contributed by atoms with Crippen LogP contribution in [0.25, 0.3) is 0 Å². The van der Waals surface area contributed by atoms with E-state index in [1.807, 2.05) is 5.51 Å². The first-order valence-electron chi connectivity index (χ1n) is 6.01. The summed E-state index contributed by atoms with van der Waals surface area (Å²) < 4.78 is 0. The van der Waals surface area contributed by atoms with E-state index in [0.717, 1.165) is 18.7 Å². The van der Waals surface area contributed by atoms with Gasteiger partial charge >= 0.3 is 0 Å². The molecule has 0 saturated heterocycles. The fourth-order valence-electron chi connectivity index (χ4n) is 1.80. The van der Waals surface area contributed by atoms with Crippen LogP contribution in [0, 0.1) is 0 Å². The fourth-order valence-corrected chi connectivity index (χ4v) is 2.44. The van der Waals surface area contributed by atoms with Gasteiger partial charge in [0.1, 0.15) is 0 Å². The normalized spacial score (nSPS) is 12.5. The first-order valence-corrected chi connectivity index (χ1v) is 6.96. The van der Waals surface area contributed by atoms with Crippen molar-refractivity contribution in [1.82, 2.24) is 10.3 Å². The van der Waals surface area contributed by atoms with Crippen LogP contribution in [0.15, 0.2) is 41.2 Å². The molecule has 3 heteroatoms. The second kappa shape index (κ2) is 6.52. The van der Waals surface area contributed by atoms with Crippen molar-refractivity contribution < 1.29 is 0 Å². The number of hydrogen-bond donors (Lipinski definition) is 1. The van der Waals surface area contributed by atoms with Crippen LogP contribution in [0.2, 0.25) is 0 Å². The first-order chi connectivity index (χ1) is 8.36. The largest absolute Gasteiger partial charge is 0.309 e. The zero-order chi connectivity index (χ0) is 11.9. The van der Waals surface area contributed by atoms with Crippen molar-refractivity contribution in [2.75, 3.05) is 6.54 Å². The zero-order valence-electron chi connectivity index (χ0n) is 10.1. The van der Waals surface area contributed by atoms with Gasteiger partial charge in [0.05, 0.1) is 11.2 Å². The minimum atomic E-state index is 0.358. The maximum Gasteiger partial charge on any atom is 0.0795 e. The van der Waals surface area contributed by atoms with Crippen LogP contribution in [0.5, 0.6) is 0 Å². The summed E-state index contributed by atoms with van der Waals surface area (Å²) in [4.78, 5) is 4.31. The monoisotopic (exact) mass is 246 g/mol. The number of aryl methyl sites for hydroxylation is 1. The number of benzene rings is 1. The van der Waals surface area contributed by atoms with Crippen molar-refractivity contribution in [3.05, 3.63) is 52.5 Å². The van der Waals surface area contributed by atoms with E-state index in [9.17, 15) is 0 Å². The molecule has 0 aliphatic carbocycles. The summed E-state index contributed by atoms with van der Waals surface area (Å²) in [6, 6.07) is 11.0. The Bertz CT molecular complexity index is 411. The van der Waals surface area contributed by atoms with Gasteiger partial charge in [-0.1, -0.05) is 30.3 Å². The predicted octanol–water partition coefficient (Wildman–Crippen LogP) is 3.43. The van der Waals surface area contributed by atoms with Gasteiger partial charge in [-0.25, -0.2) is 4.98 Å². The van der Waals surface area contributed by atoms with E-state index in [1.165, 1.54) is 12.0 Å². The Labute approximate surface area is 107 Å². The molecule has 1 atom stereocenters. The molecule has 90 valence electrons. The van der Waals surface area contributed by atoms with E-state index in [1.54, 1.807) is 11.3 Å². The summed E-state index contributed by atoms with van der Waals surface area (Å²) in [5.41, 5.74) is 4.45. The van der Waals surface area contributed by atoms with Gasteiger partial charge in [-0.15, -0.1) is 11.3 Å². The maximum absolute atomic E-state index is 4.31. The van der Waals surface area contributed by atoms with Crippen LogP contribution in [-0.2, 0) is 6.42 Å². The molecule has 0 aliphatic heterocycles. The van der Waals surface area contributed by atoms with Gasteiger partial charge in [-0.05, 0) is 31.9 Å². The zero-order valence-corrected chi connectivity index (χ0v) is 10.9. The highest BCUT2D eigenvalue weighted by Crippen LogP contribution is 2.11. The summed E-state index contributed by atoms with van der Waals surface area (Å²) in [6.07, 6.45) is 2.30. The second-order valence-electron chi connectivity index (χ2n) is 4.18. The Balaban J connectivity index is 1.67. The Morgan fingerprint density at radius 1 is 1.29 bits per heavy atom. The van der Waals surface area contributed by atoms with E-state index >= 15 is 0 Å². The summed E-state index contributed by atoms with van der Waals surface area (Å²) in [5, 5.41) is 5.61. The molecule has 0 aliphatic rings. The smallest absolute Gasteiger partial charge is 0.0795 e. The Kier molecular flexibility index (Phi) is 4.71. The van der Waals surface area contributed by atoms with Crippen LogP contribution in [-0.4, -0.2) is 11.5 Å². The van der Waals surface area contributed by atoms with Gasteiger partial charge in [0.2, 0.25) is 0 Å². The lowest BCUT2D eigenvalue weighted by molar-refractivity contribution is 0.549. The number of rotatable bonds is 6.